The zero-order chi connectivity index (χ0) is 9.78. The van der Waals surface area contributed by atoms with Gasteiger partial charge in [0.05, 0.1) is 0 Å². The molecule has 0 spiro atoms. The van der Waals surface area contributed by atoms with E-state index in [0.717, 1.165) is 12.8 Å². The maximum atomic E-state index is 11.5. The summed E-state index contributed by atoms with van der Waals surface area (Å²) in [5.74, 6) is 0.345. The van der Waals surface area contributed by atoms with Crippen LogP contribution in [0.15, 0.2) is 0 Å². The van der Waals surface area contributed by atoms with Crippen molar-refractivity contribution in [3.05, 3.63) is 0 Å². The van der Waals surface area contributed by atoms with E-state index in [9.17, 15) is 4.79 Å². The lowest BCUT2D eigenvalue weighted by Crippen LogP contribution is -2.22. The molecule has 0 heterocycles. The number of carbonyl (C=O) groups is 1. The molecule has 12 heavy (non-hydrogen) atoms. The van der Waals surface area contributed by atoms with E-state index in [1.807, 2.05) is 20.8 Å². The second-order valence-corrected chi connectivity index (χ2v) is 5.56. The second kappa shape index (κ2) is 5.00. The highest BCUT2D eigenvalue weighted by molar-refractivity contribution is 9.09. The SMILES string of the molecule is CCCC(Br)CC(=O)C(C)(C)C. The van der Waals surface area contributed by atoms with Crippen LogP contribution in [0.3, 0.4) is 0 Å². The zero-order valence-corrected chi connectivity index (χ0v) is 10.1. The second-order valence-electron chi connectivity index (χ2n) is 4.26. The first-order chi connectivity index (χ1) is 5.38. The van der Waals surface area contributed by atoms with Gasteiger partial charge < -0.3 is 0 Å². The van der Waals surface area contributed by atoms with Crippen molar-refractivity contribution in [3.63, 3.8) is 0 Å². The van der Waals surface area contributed by atoms with Gasteiger partial charge in [0.15, 0.2) is 0 Å². The van der Waals surface area contributed by atoms with Crippen LogP contribution in [0.1, 0.15) is 47.0 Å². The highest BCUT2D eigenvalue weighted by atomic mass is 79.9. The molecular formula is C10H19BrO. The molecule has 1 unspecified atom stereocenters. The van der Waals surface area contributed by atoms with Gasteiger partial charge in [0, 0.05) is 16.7 Å². The van der Waals surface area contributed by atoms with Crippen molar-refractivity contribution < 1.29 is 4.79 Å². The van der Waals surface area contributed by atoms with Crippen molar-refractivity contribution >= 4 is 21.7 Å². The molecule has 0 aliphatic heterocycles. The summed E-state index contributed by atoms with van der Waals surface area (Å²) in [6, 6.07) is 0. The maximum Gasteiger partial charge on any atom is 0.139 e. The Balaban J connectivity index is 3.85. The zero-order valence-electron chi connectivity index (χ0n) is 8.48. The third kappa shape index (κ3) is 4.91. The third-order valence-corrected chi connectivity index (χ3v) is 2.63. The molecule has 0 radical (unpaired) electrons. The number of halogens is 1. The summed E-state index contributed by atoms with van der Waals surface area (Å²) in [6.07, 6.45) is 2.88. The Bertz CT molecular complexity index is 146. The van der Waals surface area contributed by atoms with Crippen LogP contribution >= 0.6 is 15.9 Å². The van der Waals surface area contributed by atoms with Crippen LogP contribution in [0, 0.1) is 5.41 Å². The lowest BCUT2D eigenvalue weighted by molar-refractivity contribution is -0.126. The van der Waals surface area contributed by atoms with Crippen molar-refractivity contribution in [1.29, 1.82) is 0 Å². The molecule has 0 aliphatic rings. The summed E-state index contributed by atoms with van der Waals surface area (Å²) in [5, 5.41) is 0. The van der Waals surface area contributed by atoms with Crippen LogP contribution in [0.2, 0.25) is 0 Å². The van der Waals surface area contributed by atoms with Crippen molar-refractivity contribution in [2.24, 2.45) is 5.41 Å². The van der Waals surface area contributed by atoms with Crippen LogP contribution < -0.4 is 0 Å². The normalized spacial score (nSPS) is 14.4. The number of carbonyl (C=O) groups excluding carboxylic acids is 1. The molecule has 1 nitrogen and oxygen atoms in total. The molecule has 1 atom stereocenters. The molecule has 0 rings (SSSR count). The quantitative estimate of drug-likeness (QED) is 0.681. The van der Waals surface area contributed by atoms with Gasteiger partial charge in [-0.05, 0) is 6.42 Å². The van der Waals surface area contributed by atoms with Gasteiger partial charge in [0.25, 0.3) is 0 Å². The molecule has 72 valence electrons. The average molecular weight is 235 g/mol. The molecule has 0 aromatic heterocycles. The standard InChI is InChI=1S/C10H19BrO/c1-5-6-8(11)7-9(12)10(2,3)4/h8H,5-7H2,1-4H3. The van der Waals surface area contributed by atoms with Crippen LogP contribution in [0.5, 0.6) is 0 Å². The maximum absolute atomic E-state index is 11.5. The van der Waals surface area contributed by atoms with Crippen molar-refractivity contribution in [1.82, 2.24) is 0 Å². The fourth-order valence-corrected chi connectivity index (χ4v) is 1.67. The van der Waals surface area contributed by atoms with Gasteiger partial charge >= 0.3 is 0 Å². The first kappa shape index (κ1) is 12.2. The van der Waals surface area contributed by atoms with Crippen LogP contribution in [0.4, 0.5) is 0 Å². The van der Waals surface area contributed by atoms with Crippen LogP contribution in [-0.2, 0) is 4.79 Å². The molecule has 0 N–H and O–H groups in total. The Labute approximate surface area is 84.1 Å². The van der Waals surface area contributed by atoms with E-state index in [-0.39, 0.29) is 5.41 Å². The highest BCUT2D eigenvalue weighted by Crippen LogP contribution is 2.22. The monoisotopic (exact) mass is 234 g/mol. The molecule has 0 aromatic rings. The number of alkyl halides is 1. The van der Waals surface area contributed by atoms with Crippen molar-refractivity contribution in [2.75, 3.05) is 0 Å². The van der Waals surface area contributed by atoms with Gasteiger partial charge in [-0.1, -0.05) is 50.0 Å². The lowest BCUT2D eigenvalue weighted by atomic mass is 9.88. The van der Waals surface area contributed by atoms with Crippen molar-refractivity contribution in [2.45, 2.75) is 51.8 Å². The predicted molar refractivity (Wildman–Crippen MR) is 56.7 cm³/mol. The molecule has 0 aromatic carbocycles. The van der Waals surface area contributed by atoms with Gasteiger partial charge in [-0.2, -0.15) is 0 Å². The number of Topliss-reactive ketones (excluding diaryl/α,β-unsaturated/α-hetero) is 1. The number of hydrogen-bond acceptors (Lipinski definition) is 1. The Kier molecular flexibility index (Phi) is 5.07. The molecule has 0 bridgehead atoms. The summed E-state index contributed by atoms with van der Waals surface area (Å²) in [7, 11) is 0. The van der Waals surface area contributed by atoms with Gasteiger partial charge in [-0.3, -0.25) is 4.79 Å². The fraction of sp³-hybridized carbons (Fsp3) is 0.900. The smallest absolute Gasteiger partial charge is 0.139 e. The predicted octanol–water partition coefficient (Wildman–Crippen LogP) is 3.56. The van der Waals surface area contributed by atoms with E-state index in [2.05, 4.69) is 22.9 Å². The van der Waals surface area contributed by atoms with Crippen LogP contribution in [-0.4, -0.2) is 10.6 Å². The molecule has 0 fully saturated rings. The minimum absolute atomic E-state index is 0.181. The molecule has 2 heteroatoms. The lowest BCUT2D eigenvalue weighted by Gasteiger charge is -2.18. The largest absolute Gasteiger partial charge is 0.299 e. The third-order valence-electron chi connectivity index (χ3n) is 1.85. The van der Waals surface area contributed by atoms with E-state index in [1.54, 1.807) is 0 Å². The van der Waals surface area contributed by atoms with Gasteiger partial charge in [0.2, 0.25) is 0 Å². The van der Waals surface area contributed by atoms with Crippen LogP contribution in [0.25, 0.3) is 0 Å². The summed E-state index contributed by atoms with van der Waals surface area (Å²) < 4.78 is 0. The molecule has 0 saturated carbocycles. The summed E-state index contributed by atoms with van der Waals surface area (Å²) in [4.78, 5) is 11.9. The van der Waals surface area contributed by atoms with E-state index in [0.29, 0.717) is 17.0 Å². The Morgan fingerprint density at radius 2 is 1.92 bits per heavy atom. The first-order valence-electron chi connectivity index (χ1n) is 4.55. The van der Waals surface area contributed by atoms with Gasteiger partial charge in [0.1, 0.15) is 5.78 Å². The topological polar surface area (TPSA) is 17.1 Å². The highest BCUT2D eigenvalue weighted by Gasteiger charge is 2.22. The Morgan fingerprint density at radius 3 is 2.25 bits per heavy atom. The molecule has 0 saturated heterocycles. The van der Waals surface area contributed by atoms with E-state index < -0.39 is 0 Å². The average Bonchev–Trinajstić information content (AvgIpc) is 1.85. The Morgan fingerprint density at radius 1 is 1.42 bits per heavy atom. The Hall–Kier alpha value is 0.150. The first-order valence-corrected chi connectivity index (χ1v) is 5.47. The number of rotatable bonds is 4. The minimum Gasteiger partial charge on any atom is -0.299 e. The van der Waals surface area contributed by atoms with E-state index in [4.69, 9.17) is 0 Å². The molecular weight excluding hydrogens is 216 g/mol. The van der Waals surface area contributed by atoms with Gasteiger partial charge in [-0.25, -0.2) is 0 Å². The number of ketones is 1. The van der Waals surface area contributed by atoms with E-state index in [1.165, 1.54) is 0 Å². The summed E-state index contributed by atoms with van der Waals surface area (Å²) in [5.41, 5.74) is -0.181. The molecule has 0 aliphatic carbocycles. The fourth-order valence-electron chi connectivity index (χ4n) is 0.923. The number of hydrogen-bond donors (Lipinski definition) is 0. The summed E-state index contributed by atoms with van der Waals surface area (Å²) in [6.45, 7) is 8.05. The van der Waals surface area contributed by atoms with Gasteiger partial charge in [-0.15, -0.1) is 0 Å². The molecule has 0 amide bonds. The summed E-state index contributed by atoms with van der Waals surface area (Å²) >= 11 is 3.51. The minimum atomic E-state index is -0.181. The van der Waals surface area contributed by atoms with Crippen molar-refractivity contribution in [3.8, 4) is 0 Å². The van der Waals surface area contributed by atoms with E-state index >= 15 is 0 Å².